The molecule has 0 amide bonds. The van der Waals surface area contributed by atoms with Gasteiger partial charge in [-0.2, -0.15) is 4.31 Å². The van der Waals surface area contributed by atoms with Crippen molar-refractivity contribution in [1.82, 2.24) is 19.2 Å². The van der Waals surface area contributed by atoms with Crippen LogP contribution in [0.2, 0.25) is 0 Å². The van der Waals surface area contributed by atoms with E-state index in [1.807, 2.05) is 23.9 Å². The fourth-order valence-electron chi connectivity index (χ4n) is 4.01. The second-order valence-electron chi connectivity index (χ2n) is 7.86. The third-order valence-electron chi connectivity index (χ3n) is 5.55. The van der Waals surface area contributed by atoms with E-state index in [9.17, 15) is 12.8 Å². The average Bonchev–Trinajstić information content (AvgIpc) is 2.96. The SMILES string of the molecule is CN(C)CCN1[C@@H]2CCN(c3ncc(F)cn3)CC[C@H]2Oc2ccccc2S1(=O)=O. The average molecular weight is 436 g/mol. The van der Waals surface area contributed by atoms with Gasteiger partial charge in [-0.05, 0) is 32.6 Å². The fourth-order valence-corrected chi connectivity index (χ4v) is 5.80. The van der Waals surface area contributed by atoms with Crippen LogP contribution in [0.4, 0.5) is 10.3 Å². The van der Waals surface area contributed by atoms with Gasteiger partial charge < -0.3 is 14.5 Å². The van der Waals surface area contributed by atoms with Crippen molar-refractivity contribution in [1.29, 1.82) is 0 Å². The van der Waals surface area contributed by atoms with Gasteiger partial charge in [0.25, 0.3) is 0 Å². The van der Waals surface area contributed by atoms with E-state index in [0.29, 0.717) is 50.7 Å². The lowest BCUT2D eigenvalue weighted by Crippen LogP contribution is -2.49. The minimum absolute atomic E-state index is 0.218. The molecular weight excluding hydrogens is 409 g/mol. The van der Waals surface area contributed by atoms with Crippen molar-refractivity contribution in [3.8, 4) is 5.75 Å². The van der Waals surface area contributed by atoms with Crippen molar-refractivity contribution in [2.24, 2.45) is 0 Å². The first-order chi connectivity index (χ1) is 14.4. The van der Waals surface area contributed by atoms with Gasteiger partial charge in [-0.25, -0.2) is 22.8 Å². The molecule has 30 heavy (non-hydrogen) atoms. The third-order valence-corrected chi connectivity index (χ3v) is 7.51. The maximum Gasteiger partial charge on any atom is 0.247 e. The summed E-state index contributed by atoms with van der Waals surface area (Å²) in [6.45, 7) is 2.13. The predicted octanol–water partition coefficient (Wildman–Crippen LogP) is 1.60. The van der Waals surface area contributed by atoms with E-state index in [1.165, 1.54) is 0 Å². The molecule has 1 fully saturated rings. The normalized spacial score (nSPS) is 23.8. The van der Waals surface area contributed by atoms with Crippen molar-refractivity contribution in [2.75, 3.05) is 45.2 Å². The number of ether oxygens (including phenoxy) is 1. The number of aromatic nitrogens is 2. The lowest BCUT2D eigenvalue weighted by molar-refractivity contribution is 0.110. The van der Waals surface area contributed by atoms with Crippen LogP contribution < -0.4 is 9.64 Å². The largest absolute Gasteiger partial charge is 0.487 e. The lowest BCUT2D eigenvalue weighted by atomic mass is 10.1. The van der Waals surface area contributed by atoms with Crippen LogP contribution in [0, 0.1) is 5.82 Å². The number of halogens is 1. The number of sulfonamides is 1. The maximum atomic E-state index is 13.5. The standard InChI is InChI=1S/C20H26FN5O3S/c1-24(2)11-12-26-16-7-9-25(20-22-13-15(21)14-23-20)10-8-17(16)29-18-5-3-4-6-19(18)30(26,27)28/h3-6,13-14,16-17H,7-12H2,1-2H3/t16-,17-/m1/s1. The molecule has 162 valence electrons. The second-order valence-corrected chi connectivity index (χ2v) is 9.71. The highest BCUT2D eigenvalue weighted by atomic mass is 32.2. The molecule has 1 aromatic carbocycles. The summed E-state index contributed by atoms with van der Waals surface area (Å²) in [5.41, 5.74) is 0. The molecule has 2 aliphatic heterocycles. The molecule has 0 unspecified atom stereocenters. The van der Waals surface area contributed by atoms with Gasteiger partial charge in [-0.3, -0.25) is 0 Å². The molecule has 2 atom stereocenters. The molecule has 3 heterocycles. The van der Waals surface area contributed by atoms with Gasteiger partial charge in [-0.15, -0.1) is 0 Å². The van der Waals surface area contributed by atoms with Crippen LogP contribution >= 0.6 is 0 Å². The summed E-state index contributed by atoms with van der Waals surface area (Å²) in [7, 11) is 0.140. The van der Waals surface area contributed by atoms with Crippen molar-refractivity contribution in [3.63, 3.8) is 0 Å². The molecular formula is C20H26FN5O3S. The molecule has 8 nitrogen and oxygen atoms in total. The topological polar surface area (TPSA) is 78.9 Å². The summed E-state index contributed by atoms with van der Waals surface area (Å²) in [6.07, 6.45) is 3.16. The molecule has 1 saturated heterocycles. The van der Waals surface area contributed by atoms with Crippen LogP contribution in [0.3, 0.4) is 0 Å². The molecule has 0 bridgehead atoms. The van der Waals surface area contributed by atoms with Gasteiger partial charge in [0, 0.05) is 32.6 Å². The molecule has 0 aliphatic carbocycles. The number of benzene rings is 1. The summed E-state index contributed by atoms with van der Waals surface area (Å²) >= 11 is 0. The van der Waals surface area contributed by atoms with Crippen LogP contribution in [-0.4, -0.2) is 80.0 Å². The number of fused-ring (bicyclic) bond motifs is 2. The second kappa shape index (κ2) is 8.44. The molecule has 0 N–H and O–H groups in total. The quantitative estimate of drug-likeness (QED) is 0.722. The summed E-state index contributed by atoms with van der Waals surface area (Å²) in [4.78, 5) is 12.3. The maximum absolute atomic E-state index is 13.5. The van der Waals surface area contributed by atoms with Gasteiger partial charge in [0.15, 0.2) is 5.82 Å². The summed E-state index contributed by atoms with van der Waals surface area (Å²) in [5, 5.41) is 0. The zero-order valence-corrected chi connectivity index (χ0v) is 17.9. The van der Waals surface area contributed by atoms with E-state index < -0.39 is 15.8 Å². The molecule has 4 rings (SSSR count). The van der Waals surface area contributed by atoms with E-state index in [1.54, 1.807) is 28.6 Å². The molecule has 10 heteroatoms. The van der Waals surface area contributed by atoms with Crippen molar-refractivity contribution >= 4 is 16.0 Å². The smallest absolute Gasteiger partial charge is 0.247 e. The summed E-state index contributed by atoms with van der Waals surface area (Å²) < 4.78 is 48.1. The Morgan fingerprint density at radius 1 is 1.17 bits per heavy atom. The van der Waals surface area contributed by atoms with Gasteiger partial charge in [0.05, 0.1) is 18.4 Å². The molecule has 1 aromatic heterocycles. The molecule has 0 spiro atoms. The van der Waals surface area contributed by atoms with Gasteiger partial charge in [-0.1, -0.05) is 12.1 Å². The number of hydrogen-bond acceptors (Lipinski definition) is 7. The first kappa shape index (κ1) is 21.0. The Labute approximate surface area is 176 Å². The van der Waals surface area contributed by atoms with Crippen LogP contribution in [0.5, 0.6) is 5.75 Å². The molecule has 0 saturated carbocycles. The third kappa shape index (κ3) is 4.12. The zero-order chi connectivity index (χ0) is 21.3. The van der Waals surface area contributed by atoms with Crippen molar-refractivity contribution in [3.05, 3.63) is 42.5 Å². The van der Waals surface area contributed by atoms with E-state index >= 15 is 0 Å². The summed E-state index contributed by atoms with van der Waals surface area (Å²) in [6, 6.07) is 6.52. The van der Waals surface area contributed by atoms with E-state index in [2.05, 4.69) is 9.97 Å². The fraction of sp³-hybridized carbons (Fsp3) is 0.500. The Morgan fingerprint density at radius 2 is 1.87 bits per heavy atom. The highest BCUT2D eigenvalue weighted by Crippen LogP contribution is 2.36. The van der Waals surface area contributed by atoms with Gasteiger partial charge in [0.1, 0.15) is 16.7 Å². The van der Waals surface area contributed by atoms with Crippen molar-refractivity contribution < 1.29 is 17.5 Å². The highest BCUT2D eigenvalue weighted by Gasteiger charge is 2.43. The van der Waals surface area contributed by atoms with Crippen molar-refractivity contribution in [2.45, 2.75) is 29.9 Å². The number of anilines is 1. The number of para-hydroxylation sites is 1. The van der Waals surface area contributed by atoms with E-state index in [4.69, 9.17) is 4.74 Å². The van der Waals surface area contributed by atoms with Gasteiger partial charge >= 0.3 is 0 Å². The lowest BCUT2D eigenvalue weighted by Gasteiger charge is -2.32. The minimum atomic E-state index is -3.71. The number of rotatable bonds is 4. The van der Waals surface area contributed by atoms with Gasteiger partial charge in [0.2, 0.25) is 16.0 Å². The first-order valence-corrected chi connectivity index (χ1v) is 11.4. The van der Waals surface area contributed by atoms with E-state index in [-0.39, 0.29) is 17.0 Å². The molecule has 0 radical (unpaired) electrons. The molecule has 2 aromatic rings. The highest BCUT2D eigenvalue weighted by molar-refractivity contribution is 7.89. The molecule has 2 aliphatic rings. The first-order valence-electron chi connectivity index (χ1n) is 10.0. The Bertz CT molecular complexity index is 986. The Kier molecular flexibility index (Phi) is 5.90. The van der Waals surface area contributed by atoms with Crippen LogP contribution in [-0.2, 0) is 10.0 Å². The Hall–Kier alpha value is -2.30. The number of nitrogens with zero attached hydrogens (tertiary/aromatic N) is 5. The number of hydrogen-bond donors (Lipinski definition) is 0. The Balaban J connectivity index is 1.67. The number of likely N-dealkylation sites (N-methyl/N-ethyl adjacent to an activating group) is 1. The minimum Gasteiger partial charge on any atom is -0.487 e. The van der Waals surface area contributed by atoms with Crippen LogP contribution in [0.15, 0.2) is 41.6 Å². The predicted molar refractivity (Wildman–Crippen MR) is 111 cm³/mol. The van der Waals surface area contributed by atoms with E-state index in [0.717, 1.165) is 12.4 Å². The Morgan fingerprint density at radius 3 is 2.60 bits per heavy atom. The van der Waals surface area contributed by atoms with Crippen LogP contribution in [0.25, 0.3) is 0 Å². The summed E-state index contributed by atoms with van der Waals surface area (Å²) in [5.74, 6) is 0.349. The monoisotopic (exact) mass is 435 g/mol. The van der Waals surface area contributed by atoms with Crippen LogP contribution in [0.1, 0.15) is 12.8 Å². The zero-order valence-electron chi connectivity index (χ0n) is 17.1.